The highest BCUT2D eigenvalue weighted by molar-refractivity contribution is 7.99. The van der Waals surface area contributed by atoms with Gasteiger partial charge in [0.05, 0.1) is 5.75 Å². The van der Waals surface area contributed by atoms with Gasteiger partial charge in [0.25, 0.3) is 0 Å². The second-order valence-electron chi connectivity index (χ2n) is 2.95. The molecular weight excluding hydrogens is 230 g/mol. The molecule has 8 heteroatoms. The first-order valence-electron chi connectivity index (χ1n) is 4.47. The predicted molar refractivity (Wildman–Crippen MR) is 56.1 cm³/mol. The molecule has 7 nitrogen and oxygen atoms in total. The zero-order valence-corrected chi connectivity index (χ0v) is 9.02. The Bertz CT molecular complexity index is 466. The third-order valence-corrected chi connectivity index (χ3v) is 2.54. The lowest BCUT2D eigenvalue weighted by atomic mass is 10.6. The quantitative estimate of drug-likeness (QED) is 0.725. The fraction of sp³-hybridized carbons (Fsp3) is 0.250. The zero-order chi connectivity index (χ0) is 11.4. The van der Waals surface area contributed by atoms with Crippen LogP contribution in [0.5, 0.6) is 0 Å². The van der Waals surface area contributed by atoms with Crippen LogP contribution in [0.3, 0.4) is 0 Å². The number of hydrogen-bond acceptors (Lipinski definition) is 5. The Morgan fingerprint density at radius 2 is 2.50 bits per heavy atom. The molecule has 2 aromatic heterocycles. The van der Waals surface area contributed by atoms with E-state index in [1.165, 1.54) is 0 Å². The third-order valence-electron chi connectivity index (χ3n) is 1.71. The molecule has 16 heavy (non-hydrogen) atoms. The van der Waals surface area contributed by atoms with Crippen molar-refractivity contribution in [2.24, 2.45) is 0 Å². The van der Waals surface area contributed by atoms with Crippen LogP contribution in [0.1, 0.15) is 5.82 Å². The Morgan fingerprint density at radius 3 is 3.19 bits per heavy atom. The Hall–Kier alpha value is -1.83. The molecule has 0 aliphatic rings. The number of aromatic amines is 1. The molecule has 0 saturated heterocycles. The molecule has 0 radical (unpaired) electrons. The molecule has 0 unspecified atom stereocenters. The van der Waals surface area contributed by atoms with E-state index in [4.69, 9.17) is 5.11 Å². The van der Waals surface area contributed by atoms with Gasteiger partial charge in [-0.15, -0.1) is 5.10 Å². The van der Waals surface area contributed by atoms with Crippen molar-refractivity contribution in [2.45, 2.75) is 11.7 Å². The number of aliphatic carboxylic acids is 1. The average Bonchev–Trinajstić information content (AvgIpc) is 2.87. The van der Waals surface area contributed by atoms with Crippen molar-refractivity contribution in [2.75, 3.05) is 5.75 Å². The Labute approximate surface area is 94.9 Å². The summed E-state index contributed by atoms with van der Waals surface area (Å²) in [6, 6.07) is 1.82. The van der Waals surface area contributed by atoms with Crippen molar-refractivity contribution in [3.8, 4) is 0 Å². The number of aromatic nitrogens is 5. The fourth-order valence-electron chi connectivity index (χ4n) is 1.09. The number of nitrogens with zero attached hydrogens (tertiary/aromatic N) is 4. The van der Waals surface area contributed by atoms with Crippen molar-refractivity contribution in [1.29, 1.82) is 0 Å². The third kappa shape index (κ3) is 2.83. The molecule has 2 aromatic rings. The van der Waals surface area contributed by atoms with Gasteiger partial charge in [-0.2, -0.15) is 5.10 Å². The van der Waals surface area contributed by atoms with Crippen molar-refractivity contribution >= 4 is 17.7 Å². The van der Waals surface area contributed by atoms with Crippen LogP contribution in [-0.4, -0.2) is 41.8 Å². The maximum atomic E-state index is 10.3. The minimum absolute atomic E-state index is 0.0426. The van der Waals surface area contributed by atoms with Crippen LogP contribution >= 0.6 is 11.8 Å². The second kappa shape index (κ2) is 4.79. The fourth-order valence-corrected chi connectivity index (χ4v) is 1.62. The summed E-state index contributed by atoms with van der Waals surface area (Å²) >= 11 is 1.08. The van der Waals surface area contributed by atoms with E-state index < -0.39 is 5.97 Å². The van der Waals surface area contributed by atoms with E-state index in [2.05, 4.69) is 20.3 Å². The van der Waals surface area contributed by atoms with Gasteiger partial charge in [-0.3, -0.25) is 14.6 Å². The summed E-state index contributed by atoms with van der Waals surface area (Å²) in [7, 11) is 0. The first-order valence-corrected chi connectivity index (χ1v) is 5.46. The van der Waals surface area contributed by atoms with Gasteiger partial charge >= 0.3 is 5.97 Å². The predicted octanol–water partition coefficient (Wildman–Crippen LogP) is 0.226. The molecule has 0 aromatic carbocycles. The number of hydrogen-bond donors (Lipinski definition) is 2. The minimum Gasteiger partial charge on any atom is -0.481 e. The van der Waals surface area contributed by atoms with Crippen LogP contribution in [-0.2, 0) is 11.3 Å². The van der Waals surface area contributed by atoms with Gasteiger partial charge < -0.3 is 5.11 Å². The lowest BCUT2D eigenvalue weighted by Crippen LogP contribution is -2.01. The van der Waals surface area contributed by atoms with Crippen LogP contribution in [0.4, 0.5) is 0 Å². The van der Waals surface area contributed by atoms with E-state index >= 15 is 0 Å². The monoisotopic (exact) mass is 239 g/mol. The zero-order valence-electron chi connectivity index (χ0n) is 8.20. The van der Waals surface area contributed by atoms with E-state index in [0.717, 1.165) is 11.8 Å². The number of H-pyrrole nitrogens is 1. The van der Waals surface area contributed by atoms with E-state index in [1.54, 1.807) is 10.9 Å². The molecule has 0 bridgehead atoms. The van der Waals surface area contributed by atoms with Crippen LogP contribution in [0.2, 0.25) is 0 Å². The summed E-state index contributed by atoms with van der Waals surface area (Å²) in [5, 5.41) is 19.6. The Balaban J connectivity index is 1.94. The maximum Gasteiger partial charge on any atom is 0.313 e. The molecule has 84 valence electrons. The lowest BCUT2D eigenvalue weighted by molar-refractivity contribution is -0.133. The molecule has 0 atom stereocenters. The minimum atomic E-state index is -0.886. The SMILES string of the molecule is O=C(O)CSc1n[nH]c(Cn2cccn2)n1. The van der Waals surface area contributed by atoms with E-state index in [-0.39, 0.29) is 5.75 Å². The van der Waals surface area contributed by atoms with Crippen LogP contribution in [0.15, 0.2) is 23.6 Å². The highest BCUT2D eigenvalue weighted by Gasteiger charge is 2.06. The van der Waals surface area contributed by atoms with E-state index in [1.807, 2.05) is 12.3 Å². The number of carboxylic acids is 1. The maximum absolute atomic E-state index is 10.3. The average molecular weight is 239 g/mol. The van der Waals surface area contributed by atoms with Crippen LogP contribution in [0, 0.1) is 0 Å². The highest BCUT2D eigenvalue weighted by Crippen LogP contribution is 2.11. The largest absolute Gasteiger partial charge is 0.481 e. The van der Waals surface area contributed by atoms with Gasteiger partial charge in [0.2, 0.25) is 5.16 Å². The standard InChI is InChI=1S/C8H9N5O2S/c14-7(15)5-16-8-10-6(11-12-8)4-13-3-1-2-9-13/h1-3H,4-5H2,(H,14,15)(H,10,11,12). The topological polar surface area (TPSA) is 96.7 Å². The number of thioether (sulfide) groups is 1. The molecule has 2 rings (SSSR count). The number of rotatable bonds is 5. The van der Waals surface area contributed by atoms with Crippen molar-refractivity contribution in [3.63, 3.8) is 0 Å². The normalized spacial score (nSPS) is 10.5. The lowest BCUT2D eigenvalue weighted by Gasteiger charge is -1.94. The first-order chi connectivity index (χ1) is 7.74. The highest BCUT2D eigenvalue weighted by atomic mass is 32.2. The molecule has 0 fully saturated rings. The number of carboxylic acid groups (broad SMARTS) is 1. The van der Waals surface area contributed by atoms with E-state index in [0.29, 0.717) is 17.5 Å². The summed E-state index contributed by atoms with van der Waals surface area (Å²) in [5.74, 6) is -0.279. The molecule has 0 spiro atoms. The summed E-state index contributed by atoms with van der Waals surface area (Å²) < 4.78 is 1.70. The van der Waals surface area contributed by atoms with Gasteiger partial charge in [0.1, 0.15) is 12.4 Å². The van der Waals surface area contributed by atoms with Crippen molar-refractivity contribution in [1.82, 2.24) is 25.0 Å². The molecule has 2 N–H and O–H groups in total. The van der Waals surface area contributed by atoms with Crippen molar-refractivity contribution in [3.05, 3.63) is 24.3 Å². The van der Waals surface area contributed by atoms with Gasteiger partial charge in [0.15, 0.2) is 0 Å². The van der Waals surface area contributed by atoms with Crippen LogP contribution in [0.25, 0.3) is 0 Å². The van der Waals surface area contributed by atoms with Gasteiger partial charge in [0, 0.05) is 12.4 Å². The molecule has 0 amide bonds. The Morgan fingerprint density at radius 1 is 1.62 bits per heavy atom. The summed E-state index contributed by atoms with van der Waals surface area (Å²) in [6.45, 7) is 0.494. The summed E-state index contributed by atoms with van der Waals surface area (Å²) in [6.07, 6.45) is 3.49. The van der Waals surface area contributed by atoms with Crippen molar-refractivity contribution < 1.29 is 9.90 Å². The molecule has 2 heterocycles. The molecule has 0 saturated carbocycles. The Kier molecular flexibility index (Phi) is 3.20. The van der Waals surface area contributed by atoms with Gasteiger partial charge in [-0.05, 0) is 6.07 Å². The second-order valence-corrected chi connectivity index (χ2v) is 3.89. The van der Waals surface area contributed by atoms with E-state index in [9.17, 15) is 4.79 Å². The molecule has 0 aliphatic carbocycles. The van der Waals surface area contributed by atoms with Gasteiger partial charge in [-0.1, -0.05) is 11.8 Å². The summed E-state index contributed by atoms with van der Waals surface area (Å²) in [4.78, 5) is 14.5. The number of carbonyl (C=O) groups is 1. The van der Waals surface area contributed by atoms with Gasteiger partial charge in [-0.25, -0.2) is 4.98 Å². The molecule has 0 aliphatic heterocycles. The number of nitrogens with one attached hydrogen (secondary N) is 1. The summed E-state index contributed by atoms with van der Waals surface area (Å²) in [5.41, 5.74) is 0. The van der Waals surface area contributed by atoms with Crippen LogP contribution < -0.4 is 0 Å². The molecular formula is C8H9N5O2S. The smallest absolute Gasteiger partial charge is 0.313 e. The first kappa shape index (κ1) is 10.7.